The number of rotatable bonds is 8. The van der Waals surface area contributed by atoms with Crippen LogP contribution in [0.25, 0.3) is 0 Å². The van der Waals surface area contributed by atoms with E-state index in [1.807, 2.05) is 30.3 Å². The fourth-order valence-corrected chi connectivity index (χ4v) is 2.61. The summed E-state index contributed by atoms with van der Waals surface area (Å²) in [5.74, 6) is 2.03. The lowest BCUT2D eigenvalue weighted by molar-refractivity contribution is 0.409. The molecule has 2 aromatic rings. The monoisotopic (exact) mass is 341 g/mol. The first-order chi connectivity index (χ1) is 12.2. The molecule has 0 aromatic heterocycles. The largest absolute Gasteiger partial charge is 0.508 e. The summed E-state index contributed by atoms with van der Waals surface area (Å²) in [6.45, 7) is 1.63. The van der Waals surface area contributed by atoms with Crippen molar-refractivity contribution in [2.24, 2.45) is 4.99 Å². The van der Waals surface area contributed by atoms with Gasteiger partial charge in [-0.15, -0.1) is 0 Å². The second kappa shape index (κ2) is 10.2. The van der Waals surface area contributed by atoms with Gasteiger partial charge in [-0.25, -0.2) is 0 Å². The molecule has 0 aliphatic rings. The topological polar surface area (TPSA) is 65.9 Å². The molecular formula is C20H27N3O2. The van der Waals surface area contributed by atoms with Gasteiger partial charge in [-0.05, 0) is 48.6 Å². The first kappa shape index (κ1) is 18.6. The van der Waals surface area contributed by atoms with E-state index < -0.39 is 0 Å². The summed E-state index contributed by atoms with van der Waals surface area (Å²) in [7, 11) is 3.47. The standard InChI is InChI=1S/C20H27N3O2/c1-21-20(22-14-5-6-16-9-11-18(24)12-10-16)23-15-13-17-7-3-4-8-19(17)25-2/h3-4,7-12,24H,5-6,13-15H2,1-2H3,(H2,21,22,23). The molecule has 5 heteroatoms. The summed E-state index contributed by atoms with van der Waals surface area (Å²) >= 11 is 0. The van der Waals surface area contributed by atoms with Crippen LogP contribution in [0.1, 0.15) is 17.5 Å². The molecule has 0 bridgehead atoms. The third kappa shape index (κ3) is 6.37. The quantitative estimate of drug-likeness (QED) is 0.392. The highest BCUT2D eigenvalue weighted by Gasteiger charge is 2.02. The minimum atomic E-state index is 0.307. The summed E-state index contributed by atoms with van der Waals surface area (Å²) in [5, 5.41) is 15.9. The van der Waals surface area contributed by atoms with E-state index in [1.54, 1.807) is 26.3 Å². The molecule has 0 saturated carbocycles. The van der Waals surface area contributed by atoms with Crippen molar-refractivity contribution in [2.45, 2.75) is 19.3 Å². The molecule has 0 atom stereocenters. The lowest BCUT2D eigenvalue weighted by Gasteiger charge is -2.13. The zero-order valence-corrected chi connectivity index (χ0v) is 15.0. The smallest absolute Gasteiger partial charge is 0.190 e. The van der Waals surface area contributed by atoms with Crippen molar-refractivity contribution in [3.05, 3.63) is 59.7 Å². The second-order valence-corrected chi connectivity index (χ2v) is 5.76. The summed E-state index contributed by atoms with van der Waals surface area (Å²) in [6, 6.07) is 15.4. The molecule has 3 N–H and O–H groups in total. The number of ether oxygens (including phenoxy) is 1. The SMILES string of the molecule is CN=C(NCCCc1ccc(O)cc1)NCCc1ccccc1OC. The molecule has 0 aliphatic heterocycles. The molecule has 0 aliphatic carbocycles. The average Bonchev–Trinajstić information content (AvgIpc) is 2.65. The number of phenolic OH excluding ortho intramolecular Hbond substituents is 1. The van der Waals surface area contributed by atoms with Crippen LogP contribution in [0.2, 0.25) is 0 Å². The van der Waals surface area contributed by atoms with Gasteiger partial charge in [-0.2, -0.15) is 0 Å². The lowest BCUT2D eigenvalue weighted by Crippen LogP contribution is -2.38. The molecule has 25 heavy (non-hydrogen) atoms. The van der Waals surface area contributed by atoms with Crippen molar-refractivity contribution >= 4 is 5.96 Å². The third-order valence-corrected chi connectivity index (χ3v) is 3.97. The van der Waals surface area contributed by atoms with E-state index in [4.69, 9.17) is 4.74 Å². The zero-order valence-electron chi connectivity index (χ0n) is 15.0. The van der Waals surface area contributed by atoms with Gasteiger partial charge in [0.2, 0.25) is 0 Å². The van der Waals surface area contributed by atoms with Crippen LogP contribution >= 0.6 is 0 Å². The number of aryl methyl sites for hydroxylation is 1. The molecular weight excluding hydrogens is 314 g/mol. The molecule has 2 aromatic carbocycles. The highest BCUT2D eigenvalue weighted by Crippen LogP contribution is 2.17. The van der Waals surface area contributed by atoms with Crippen molar-refractivity contribution in [1.82, 2.24) is 10.6 Å². The normalized spacial score (nSPS) is 11.2. The number of nitrogens with zero attached hydrogens (tertiary/aromatic N) is 1. The maximum Gasteiger partial charge on any atom is 0.190 e. The number of para-hydroxylation sites is 1. The molecule has 0 heterocycles. The number of benzene rings is 2. The predicted molar refractivity (Wildman–Crippen MR) is 102 cm³/mol. The van der Waals surface area contributed by atoms with Crippen LogP contribution in [0.15, 0.2) is 53.5 Å². The van der Waals surface area contributed by atoms with E-state index in [9.17, 15) is 5.11 Å². The van der Waals surface area contributed by atoms with Gasteiger partial charge < -0.3 is 20.5 Å². The van der Waals surface area contributed by atoms with Crippen molar-refractivity contribution in [3.8, 4) is 11.5 Å². The van der Waals surface area contributed by atoms with Crippen LogP contribution < -0.4 is 15.4 Å². The van der Waals surface area contributed by atoms with Crippen LogP contribution in [0.4, 0.5) is 0 Å². The average molecular weight is 341 g/mol. The first-order valence-corrected chi connectivity index (χ1v) is 8.57. The van der Waals surface area contributed by atoms with E-state index >= 15 is 0 Å². The fourth-order valence-electron chi connectivity index (χ4n) is 2.61. The molecule has 0 radical (unpaired) electrons. The lowest BCUT2D eigenvalue weighted by atomic mass is 10.1. The van der Waals surface area contributed by atoms with Crippen LogP contribution in [-0.2, 0) is 12.8 Å². The van der Waals surface area contributed by atoms with Crippen molar-refractivity contribution in [3.63, 3.8) is 0 Å². The second-order valence-electron chi connectivity index (χ2n) is 5.76. The number of hydrogen-bond donors (Lipinski definition) is 3. The van der Waals surface area contributed by atoms with Crippen LogP contribution in [0, 0.1) is 0 Å². The Kier molecular flexibility index (Phi) is 7.63. The third-order valence-electron chi connectivity index (χ3n) is 3.97. The van der Waals surface area contributed by atoms with E-state index in [0.717, 1.165) is 44.1 Å². The molecule has 2 rings (SSSR count). The van der Waals surface area contributed by atoms with Gasteiger partial charge in [0.05, 0.1) is 7.11 Å². The zero-order chi connectivity index (χ0) is 17.9. The maximum absolute atomic E-state index is 9.29. The minimum absolute atomic E-state index is 0.307. The van der Waals surface area contributed by atoms with Crippen LogP contribution in [-0.4, -0.2) is 38.3 Å². The Balaban J connectivity index is 1.67. The molecule has 0 unspecified atom stereocenters. The van der Waals surface area contributed by atoms with Crippen LogP contribution in [0.3, 0.4) is 0 Å². The summed E-state index contributed by atoms with van der Waals surface area (Å²) in [5.41, 5.74) is 2.40. The number of hydrogen-bond acceptors (Lipinski definition) is 3. The summed E-state index contributed by atoms with van der Waals surface area (Å²) in [6.07, 6.45) is 2.84. The van der Waals surface area contributed by atoms with Gasteiger partial charge in [-0.3, -0.25) is 4.99 Å². The Bertz CT molecular complexity index is 669. The van der Waals surface area contributed by atoms with Gasteiger partial charge >= 0.3 is 0 Å². The molecule has 0 fully saturated rings. The van der Waals surface area contributed by atoms with Crippen molar-refractivity contribution in [1.29, 1.82) is 0 Å². The Morgan fingerprint density at radius 3 is 2.44 bits per heavy atom. The number of nitrogens with one attached hydrogen (secondary N) is 2. The maximum atomic E-state index is 9.29. The van der Waals surface area contributed by atoms with Crippen molar-refractivity contribution < 1.29 is 9.84 Å². The number of guanidine groups is 1. The van der Waals surface area contributed by atoms with E-state index in [2.05, 4.69) is 21.7 Å². The molecule has 134 valence electrons. The number of methoxy groups -OCH3 is 1. The highest BCUT2D eigenvalue weighted by atomic mass is 16.5. The Hall–Kier alpha value is -2.69. The van der Waals surface area contributed by atoms with Gasteiger partial charge in [0.1, 0.15) is 11.5 Å². The Morgan fingerprint density at radius 2 is 1.72 bits per heavy atom. The fraction of sp³-hybridized carbons (Fsp3) is 0.350. The predicted octanol–water partition coefficient (Wildman–Crippen LogP) is 2.74. The van der Waals surface area contributed by atoms with E-state index in [1.165, 1.54) is 11.1 Å². The first-order valence-electron chi connectivity index (χ1n) is 8.57. The number of phenols is 1. The van der Waals surface area contributed by atoms with Gasteiger partial charge in [-0.1, -0.05) is 30.3 Å². The Labute approximate surface area is 149 Å². The van der Waals surface area contributed by atoms with Gasteiger partial charge in [0.25, 0.3) is 0 Å². The van der Waals surface area contributed by atoms with E-state index in [0.29, 0.717) is 5.75 Å². The molecule has 0 amide bonds. The van der Waals surface area contributed by atoms with Crippen LogP contribution in [0.5, 0.6) is 11.5 Å². The van der Waals surface area contributed by atoms with E-state index in [-0.39, 0.29) is 0 Å². The molecule has 0 saturated heterocycles. The van der Waals surface area contributed by atoms with Gasteiger partial charge in [0, 0.05) is 20.1 Å². The highest BCUT2D eigenvalue weighted by molar-refractivity contribution is 5.79. The Morgan fingerprint density at radius 1 is 1.00 bits per heavy atom. The number of aromatic hydroxyl groups is 1. The number of aliphatic imine (C=N–C) groups is 1. The summed E-state index contributed by atoms with van der Waals surface area (Å²) < 4.78 is 5.37. The summed E-state index contributed by atoms with van der Waals surface area (Å²) in [4.78, 5) is 4.25. The molecule has 0 spiro atoms. The van der Waals surface area contributed by atoms with Crippen molar-refractivity contribution in [2.75, 3.05) is 27.2 Å². The van der Waals surface area contributed by atoms with Gasteiger partial charge in [0.15, 0.2) is 5.96 Å². The molecule has 5 nitrogen and oxygen atoms in total. The minimum Gasteiger partial charge on any atom is -0.508 e.